The lowest BCUT2D eigenvalue weighted by Gasteiger charge is -2.32. The minimum absolute atomic E-state index is 0.198. The molecule has 0 N–H and O–H groups in total. The second kappa shape index (κ2) is 7.75. The molecule has 0 saturated heterocycles. The Morgan fingerprint density at radius 2 is 1.70 bits per heavy atom. The van der Waals surface area contributed by atoms with Crippen LogP contribution in [-0.2, 0) is 15.3 Å². The van der Waals surface area contributed by atoms with Gasteiger partial charge in [0.25, 0.3) is 0 Å². The molecule has 0 spiro atoms. The summed E-state index contributed by atoms with van der Waals surface area (Å²) in [7, 11) is -3.03. The molecule has 0 unspecified atom stereocenters. The van der Waals surface area contributed by atoms with E-state index in [1.165, 1.54) is 0 Å². The van der Waals surface area contributed by atoms with Gasteiger partial charge in [-0.15, -0.1) is 0 Å². The van der Waals surface area contributed by atoms with Crippen LogP contribution in [0.5, 0.6) is 0 Å². The standard InChI is InChI=1S/C14H19Br3O2S/c1-11(2)20(18,19)8-7-14(9-15,10-16)12-5-3-4-6-13(12)17/h3-6,11H,7-10H2,1-2H3. The van der Waals surface area contributed by atoms with Gasteiger partial charge in [0.05, 0.1) is 11.0 Å². The second-order valence-electron chi connectivity index (χ2n) is 5.19. The van der Waals surface area contributed by atoms with Gasteiger partial charge in [-0.2, -0.15) is 0 Å². The van der Waals surface area contributed by atoms with Crippen molar-refractivity contribution in [2.45, 2.75) is 30.9 Å². The summed E-state index contributed by atoms with van der Waals surface area (Å²) in [5, 5.41) is 1.09. The van der Waals surface area contributed by atoms with E-state index < -0.39 is 9.84 Å². The fraction of sp³-hybridized carbons (Fsp3) is 0.571. The van der Waals surface area contributed by atoms with Crippen molar-refractivity contribution in [2.75, 3.05) is 16.4 Å². The van der Waals surface area contributed by atoms with Crippen molar-refractivity contribution in [3.8, 4) is 0 Å². The predicted octanol–water partition coefficient (Wildman–Crippen LogP) is 4.69. The molecule has 0 aliphatic rings. The fourth-order valence-corrected chi connectivity index (χ4v) is 5.86. The lowest BCUT2D eigenvalue weighted by Crippen LogP contribution is -2.34. The maximum Gasteiger partial charge on any atom is 0.152 e. The highest BCUT2D eigenvalue weighted by Gasteiger charge is 2.33. The molecule has 114 valence electrons. The third kappa shape index (κ3) is 4.31. The second-order valence-corrected chi connectivity index (χ2v) is 9.85. The molecule has 6 heteroatoms. The molecular weight excluding hydrogens is 472 g/mol. The Balaban J connectivity index is 3.09. The van der Waals surface area contributed by atoms with Crippen LogP contribution < -0.4 is 0 Å². The summed E-state index contributed by atoms with van der Waals surface area (Å²) in [4.78, 5) is 0. The first-order chi connectivity index (χ1) is 9.29. The van der Waals surface area contributed by atoms with Crippen LogP contribution in [0.25, 0.3) is 0 Å². The molecule has 0 bridgehead atoms. The zero-order valence-corrected chi connectivity index (χ0v) is 17.1. The van der Waals surface area contributed by atoms with Gasteiger partial charge >= 0.3 is 0 Å². The Bertz CT molecular complexity index is 537. The van der Waals surface area contributed by atoms with Gasteiger partial charge in [-0.1, -0.05) is 66.0 Å². The molecule has 0 aliphatic carbocycles. The largest absolute Gasteiger partial charge is 0.229 e. The van der Waals surface area contributed by atoms with E-state index in [9.17, 15) is 8.42 Å². The predicted molar refractivity (Wildman–Crippen MR) is 96.9 cm³/mol. The maximum atomic E-state index is 12.1. The number of hydrogen-bond donors (Lipinski definition) is 0. The molecule has 0 fully saturated rings. The smallest absolute Gasteiger partial charge is 0.152 e. The Hall–Kier alpha value is 0.610. The van der Waals surface area contributed by atoms with Crippen LogP contribution in [0.1, 0.15) is 25.8 Å². The third-order valence-electron chi connectivity index (χ3n) is 3.54. The van der Waals surface area contributed by atoms with Crippen molar-refractivity contribution in [3.63, 3.8) is 0 Å². The maximum absolute atomic E-state index is 12.1. The van der Waals surface area contributed by atoms with Crippen LogP contribution in [0, 0.1) is 0 Å². The topological polar surface area (TPSA) is 34.1 Å². The number of hydrogen-bond acceptors (Lipinski definition) is 2. The van der Waals surface area contributed by atoms with Gasteiger partial charge in [0.15, 0.2) is 9.84 Å². The van der Waals surface area contributed by atoms with Gasteiger partial charge in [-0.25, -0.2) is 8.42 Å². The summed E-state index contributed by atoms with van der Waals surface area (Å²) in [6.45, 7) is 3.47. The third-order valence-corrected chi connectivity index (χ3v) is 8.59. The first-order valence-electron chi connectivity index (χ1n) is 6.37. The van der Waals surface area contributed by atoms with Gasteiger partial charge in [0, 0.05) is 20.5 Å². The number of halogens is 3. The monoisotopic (exact) mass is 488 g/mol. The van der Waals surface area contributed by atoms with E-state index in [1.807, 2.05) is 18.2 Å². The SMILES string of the molecule is CC(C)S(=O)(=O)CCC(CBr)(CBr)c1ccccc1Br. The van der Waals surface area contributed by atoms with Gasteiger partial charge in [0.1, 0.15) is 0 Å². The van der Waals surface area contributed by atoms with Crippen molar-refractivity contribution >= 4 is 57.6 Å². The van der Waals surface area contributed by atoms with Crippen LogP contribution in [0.3, 0.4) is 0 Å². The normalized spacial score (nSPS) is 12.9. The highest BCUT2D eigenvalue weighted by atomic mass is 79.9. The molecule has 1 aromatic carbocycles. The molecule has 0 heterocycles. The molecule has 2 nitrogen and oxygen atoms in total. The minimum Gasteiger partial charge on any atom is -0.229 e. The number of rotatable bonds is 7. The first-order valence-corrected chi connectivity index (χ1v) is 11.1. The van der Waals surface area contributed by atoms with Crippen molar-refractivity contribution in [3.05, 3.63) is 34.3 Å². The highest BCUT2D eigenvalue weighted by molar-refractivity contribution is 9.10. The van der Waals surface area contributed by atoms with Crippen molar-refractivity contribution in [1.82, 2.24) is 0 Å². The van der Waals surface area contributed by atoms with Gasteiger partial charge in [-0.3, -0.25) is 0 Å². The Morgan fingerprint density at radius 1 is 1.15 bits per heavy atom. The molecule has 0 aromatic heterocycles. The Kier molecular flexibility index (Phi) is 7.23. The van der Waals surface area contributed by atoms with E-state index in [0.717, 1.165) is 10.0 Å². The zero-order chi connectivity index (χ0) is 15.4. The van der Waals surface area contributed by atoms with Crippen molar-refractivity contribution in [1.29, 1.82) is 0 Å². The Labute approximate surface area is 147 Å². The minimum atomic E-state index is -3.03. The highest BCUT2D eigenvalue weighted by Crippen LogP contribution is 2.37. The molecule has 0 aliphatic heterocycles. The van der Waals surface area contributed by atoms with E-state index in [1.54, 1.807) is 13.8 Å². The molecule has 0 atom stereocenters. The lowest BCUT2D eigenvalue weighted by atomic mass is 9.82. The average Bonchev–Trinajstić information content (AvgIpc) is 2.42. The number of benzene rings is 1. The molecular formula is C14H19Br3O2S. The van der Waals surface area contributed by atoms with Gasteiger partial charge in [-0.05, 0) is 31.9 Å². The molecule has 0 saturated carbocycles. The summed E-state index contributed by atoms with van der Waals surface area (Å²) in [5.74, 6) is 0.198. The lowest BCUT2D eigenvalue weighted by molar-refractivity contribution is 0.518. The summed E-state index contributed by atoms with van der Waals surface area (Å²) >= 11 is 10.7. The van der Waals surface area contributed by atoms with E-state index >= 15 is 0 Å². The van der Waals surface area contributed by atoms with Gasteiger partial charge in [0.2, 0.25) is 0 Å². The fourth-order valence-electron chi connectivity index (χ4n) is 1.91. The van der Waals surface area contributed by atoms with Crippen molar-refractivity contribution in [2.24, 2.45) is 0 Å². The van der Waals surface area contributed by atoms with E-state index in [2.05, 4.69) is 53.9 Å². The molecule has 0 radical (unpaired) electrons. The van der Waals surface area contributed by atoms with Gasteiger partial charge < -0.3 is 0 Å². The van der Waals surface area contributed by atoms with Crippen LogP contribution >= 0.6 is 47.8 Å². The van der Waals surface area contributed by atoms with E-state index in [-0.39, 0.29) is 16.4 Å². The zero-order valence-electron chi connectivity index (χ0n) is 11.6. The molecule has 1 aromatic rings. The first kappa shape index (κ1) is 18.7. The van der Waals surface area contributed by atoms with Crippen molar-refractivity contribution < 1.29 is 8.42 Å². The quantitative estimate of drug-likeness (QED) is 0.519. The van der Waals surface area contributed by atoms with Crippen LogP contribution in [-0.4, -0.2) is 30.1 Å². The van der Waals surface area contributed by atoms with Crippen LogP contribution in [0.2, 0.25) is 0 Å². The summed E-state index contributed by atoms with van der Waals surface area (Å²) < 4.78 is 25.2. The summed E-state index contributed by atoms with van der Waals surface area (Å²) in [5.41, 5.74) is 0.898. The molecule has 20 heavy (non-hydrogen) atoms. The summed E-state index contributed by atoms with van der Waals surface area (Å²) in [6, 6.07) is 7.99. The summed E-state index contributed by atoms with van der Waals surface area (Å²) in [6.07, 6.45) is 0.590. The number of sulfone groups is 1. The molecule has 1 rings (SSSR count). The average molecular weight is 491 g/mol. The molecule has 0 amide bonds. The Morgan fingerprint density at radius 3 is 2.15 bits per heavy atom. The van der Waals surface area contributed by atoms with E-state index in [0.29, 0.717) is 17.1 Å². The number of alkyl halides is 2. The van der Waals surface area contributed by atoms with Crippen LogP contribution in [0.15, 0.2) is 28.7 Å². The van der Waals surface area contributed by atoms with E-state index in [4.69, 9.17) is 0 Å². The van der Waals surface area contributed by atoms with Crippen LogP contribution in [0.4, 0.5) is 0 Å².